The first kappa shape index (κ1) is 23.7. The average Bonchev–Trinajstić information content (AvgIpc) is 2.96. The molecule has 1 heterocycles. The van der Waals surface area contributed by atoms with E-state index >= 15 is 0 Å². The number of guanidine groups is 1. The lowest BCUT2D eigenvalue weighted by molar-refractivity contribution is -0.121. The van der Waals surface area contributed by atoms with Gasteiger partial charge in [0.1, 0.15) is 0 Å². The van der Waals surface area contributed by atoms with E-state index in [1.807, 2.05) is 18.2 Å². The van der Waals surface area contributed by atoms with E-state index in [1.54, 1.807) is 7.05 Å². The van der Waals surface area contributed by atoms with E-state index < -0.39 is 9.84 Å². The predicted molar refractivity (Wildman–Crippen MR) is 119 cm³/mol. The maximum Gasteiger partial charge on any atom is 0.222 e. The molecule has 2 atom stereocenters. The third-order valence-electron chi connectivity index (χ3n) is 4.41. The fraction of sp³-hybridized carbons (Fsp3) is 0.556. The summed E-state index contributed by atoms with van der Waals surface area (Å²) < 4.78 is 22.8. The molecule has 1 saturated heterocycles. The highest BCUT2D eigenvalue weighted by molar-refractivity contribution is 14.0. The minimum atomic E-state index is -2.98. The smallest absolute Gasteiger partial charge is 0.222 e. The third kappa shape index (κ3) is 8.46. The first-order chi connectivity index (χ1) is 12.4. The van der Waals surface area contributed by atoms with Gasteiger partial charge in [0, 0.05) is 32.6 Å². The zero-order valence-corrected chi connectivity index (χ0v) is 18.9. The Kier molecular flexibility index (Phi) is 10.1. The van der Waals surface area contributed by atoms with E-state index in [2.05, 4.69) is 40.0 Å². The highest BCUT2D eigenvalue weighted by Crippen LogP contribution is 2.13. The number of carbonyl (C=O) groups is 1. The van der Waals surface area contributed by atoms with Crippen LogP contribution in [0.25, 0.3) is 0 Å². The number of aliphatic imine (C=N–C) groups is 1. The number of hydrogen-bond donors (Lipinski definition) is 3. The molecule has 9 heteroatoms. The Morgan fingerprint density at radius 3 is 2.56 bits per heavy atom. The molecule has 3 N–H and O–H groups in total. The Labute approximate surface area is 178 Å². The van der Waals surface area contributed by atoms with Crippen LogP contribution in [-0.4, -0.2) is 58.0 Å². The van der Waals surface area contributed by atoms with Gasteiger partial charge in [-0.25, -0.2) is 8.42 Å². The van der Waals surface area contributed by atoms with E-state index in [0.29, 0.717) is 24.8 Å². The summed E-state index contributed by atoms with van der Waals surface area (Å²) in [6, 6.07) is 9.97. The predicted octanol–water partition coefficient (Wildman–Crippen LogP) is 1.27. The van der Waals surface area contributed by atoms with Crippen LogP contribution in [0.3, 0.4) is 0 Å². The van der Waals surface area contributed by atoms with Crippen molar-refractivity contribution in [2.45, 2.75) is 31.7 Å². The highest BCUT2D eigenvalue weighted by atomic mass is 127. The molecule has 152 valence electrons. The van der Waals surface area contributed by atoms with Crippen molar-refractivity contribution in [1.82, 2.24) is 16.0 Å². The SMILES string of the molecule is CN=C(NCCC(=O)NC1CCS(=O)(=O)C1)NCC(C)c1ccccc1.I. The quantitative estimate of drug-likeness (QED) is 0.293. The zero-order valence-electron chi connectivity index (χ0n) is 15.8. The molecule has 2 rings (SSSR count). The summed E-state index contributed by atoms with van der Waals surface area (Å²) >= 11 is 0. The Balaban J connectivity index is 0.00000364. The van der Waals surface area contributed by atoms with Crippen LogP contribution in [0.5, 0.6) is 0 Å². The average molecular weight is 508 g/mol. The van der Waals surface area contributed by atoms with Crippen molar-refractivity contribution in [2.24, 2.45) is 4.99 Å². The van der Waals surface area contributed by atoms with Crippen molar-refractivity contribution in [3.8, 4) is 0 Å². The third-order valence-corrected chi connectivity index (χ3v) is 6.18. The summed E-state index contributed by atoms with van der Waals surface area (Å²) in [5.41, 5.74) is 1.25. The van der Waals surface area contributed by atoms with Crippen molar-refractivity contribution in [2.75, 3.05) is 31.6 Å². The van der Waals surface area contributed by atoms with Gasteiger partial charge in [-0.05, 0) is 17.9 Å². The minimum Gasteiger partial charge on any atom is -0.356 e. The number of benzene rings is 1. The van der Waals surface area contributed by atoms with Crippen LogP contribution in [0.2, 0.25) is 0 Å². The van der Waals surface area contributed by atoms with Crippen molar-refractivity contribution < 1.29 is 13.2 Å². The Morgan fingerprint density at radius 2 is 1.96 bits per heavy atom. The number of nitrogens with one attached hydrogen (secondary N) is 3. The largest absolute Gasteiger partial charge is 0.356 e. The van der Waals surface area contributed by atoms with Crippen LogP contribution < -0.4 is 16.0 Å². The number of sulfone groups is 1. The molecule has 0 radical (unpaired) electrons. The van der Waals surface area contributed by atoms with Crippen LogP contribution >= 0.6 is 24.0 Å². The lowest BCUT2D eigenvalue weighted by Gasteiger charge is -2.16. The molecule has 1 fully saturated rings. The van der Waals surface area contributed by atoms with Gasteiger partial charge in [-0.1, -0.05) is 37.3 Å². The second-order valence-corrected chi connectivity index (χ2v) is 8.84. The molecule has 2 unspecified atom stereocenters. The number of rotatable bonds is 7. The summed E-state index contributed by atoms with van der Waals surface area (Å²) in [4.78, 5) is 16.1. The van der Waals surface area contributed by atoms with E-state index in [0.717, 1.165) is 6.54 Å². The van der Waals surface area contributed by atoms with Crippen molar-refractivity contribution in [3.05, 3.63) is 35.9 Å². The molecular weight excluding hydrogens is 479 g/mol. The van der Waals surface area contributed by atoms with Gasteiger partial charge in [-0.3, -0.25) is 9.79 Å². The normalized spacial score (nSPS) is 19.6. The molecule has 1 aliphatic rings. The Morgan fingerprint density at radius 1 is 1.26 bits per heavy atom. The molecule has 27 heavy (non-hydrogen) atoms. The first-order valence-electron chi connectivity index (χ1n) is 8.89. The van der Waals surface area contributed by atoms with Crippen LogP contribution in [-0.2, 0) is 14.6 Å². The standard InChI is InChI=1S/C18H28N4O3S.HI/c1-14(15-6-4-3-5-7-15)12-21-18(19-2)20-10-8-17(23)22-16-9-11-26(24,25)13-16;/h3-7,14,16H,8-13H2,1-2H3,(H,22,23)(H2,19,20,21);1H. The fourth-order valence-corrected chi connectivity index (χ4v) is 4.55. The second kappa shape index (κ2) is 11.5. The first-order valence-corrected chi connectivity index (χ1v) is 10.7. The molecular formula is C18H29IN4O3S. The second-order valence-electron chi connectivity index (χ2n) is 6.61. The molecule has 0 bridgehead atoms. The van der Waals surface area contributed by atoms with Gasteiger partial charge in [0.15, 0.2) is 15.8 Å². The summed E-state index contributed by atoms with van der Waals surface area (Å²) in [5, 5.41) is 9.14. The number of halogens is 1. The molecule has 1 aromatic carbocycles. The van der Waals surface area contributed by atoms with Gasteiger partial charge in [-0.2, -0.15) is 0 Å². The summed E-state index contributed by atoms with van der Waals surface area (Å²) in [6.45, 7) is 3.30. The molecule has 0 aromatic heterocycles. The maximum absolute atomic E-state index is 11.9. The Hall–Kier alpha value is -1.36. The minimum absolute atomic E-state index is 0. The fourth-order valence-electron chi connectivity index (χ4n) is 2.87. The van der Waals surface area contributed by atoms with E-state index in [-0.39, 0.29) is 53.9 Å². The monoisotopic (exact) mass is 508 g/mol. The number of carbonyl (C=O) groups excluding carboxylic acids is 1. The molecule has 1 amide bonds. The van der Waals surface area contributed by atoms with E-state index in [9.17, 15) is 13.2 Å². The van der Waals surface area contributed by atoms with Crippen molar-refractivity contribution in [3.63, 3.8) is 0 Å². The molecule has 1 aromatic rings. The van der Waals surface area contributed by atoms with Crippen molar-refractivity contribution >= 4 is 45.7 Å². The van der Waals surface area contributed by atoms with Crippen LogP contribution in [0.1, 0.15) is 31.2 Å². The van der Waals surface area contributed by atoms with Gasteiger partial charge >= 0.3 is 0 Å². The van der Waals surface area contributed by atoms with Gasteiger partial charge in [0.05, 0.1) is 11.5 Å². The number of amides is 1. The molecule has 7 nitrogen and oxygen atoms in total. The van der Waals surface area contributed by atoms with Crippen LogP contribution in [0, 0.1) is 0 Å². The van der Waals surface area contributed by atoms with Gasteiger partial charge in [0.2, 0.25) is 5.91 Å². The highest BCUT2D eigenvalue weighted by Gasteiger charge is 2.28. The van der Waals surface area contributed by atoms with E-state index in [1.165, 1.54) is 5.56 Å². The molecule has 0 aliphatic carbocycles. The maximum atomic E-state index is 11.9. The van der Waals surface area contributed by atoms with Gasteiger partial charge < -0.3 is 16.0 Å². The molecule has 0 saturated carbocycles. The zero-order chi connectivity index (χ0) is 19.0. The van der Waals surface area contributed by atoms with Crippen LogP contribution in [0.4, 0.5) is 0 Å². The number of nitrogens with zero attached hydrogens (tertiary/aromatic N) is 1. The summed E-state index contributed by atoms with van der Waals surface area (Å²) in [7, 11) is -1.29. The Bertz CT molecular complexity index is 725. The van der Waals surface area contributed by atoms with Gasteiger partial charge in [-0.15, -0.1) is 24.0 Å². The molecule has 1 aliphatic heterocycles. The summed E-state index contributed by atoms with van der Waals surface area (Å²) in [6.07, 6.45) is 0.771. The lowest BCUT2D eigenvalue weighted by atomic mass is 10.0. The van der Waals surface area contributed by atoms with Gasteiger partial charge in [0.25, 0.3) is 0 Å². The molecule has 0 spiro atoms. The van der Waals surface area contributed by atoms with Crippen LogP contribution in [0.15, 0.2) is 35.3 Å². The van der Waals surface area contributed by atoms with E-state index in [4.69, 9.17) is 0 Å². The number of hydrogen-bond acceptors (Lipinski definition) is 4. The summed E-state index contributed by atoms with van der Waals surface area (Å²) in [5.74, 6) is 1.04. The van der Waals surface area contributed by atoms with Crippen molar-refractivity contribution in [1.29, 1.82) is 0 Å². The lowest BCUT2D eigenvalue weighted by Crippen LogP contribution is -2.42. The topological polar surface area (TPSA) is 99.7 Å².